The molecule has 242 valence electrons. The lowest BCUT2D eigenvalue weighted by atomic mass is 9.84. The van der Waals surface area contributed by atoms with E-state index < -0.39 is 17.4 Å². The van der Waals surface area contributed by atoms with Crippen molar-refractivity contribution in [3.63, 3.8) is 0 Å². The van der Waals surface area contributed by atoms with Crippen molar-refractivity contribution in [2.24, 2.45) is 15.7 Å². The first-order chi connectivity index (χ1) is 20.3. The second-order valence-electron chi connectivity index (χ2n) is 9.95. The number of pyridine rings is 2. The quantitative estimate of drug-likeness (QED) is 0.0424. The Kier molecular flexibility index (Phi) is 20.4. The summed E-state index contributed by atoms with van der Waals surface area (Å²) >= 11 is 0. The van der Waals surface area contributed by atoms with Crippen LogP contribution in [0.5, 0.6) is 0 Å². The number of esters is 2. The van der Waals surface area contributed by atoms with Crippen molar-refractivity contribution >= 4 is 30.2 Å². The minimum Gasteiger partial charge on any atom is -1.00 e. The minimum atomic E-state index is -1.24. The Morgan fingerprint density at radius 2 is 1.34 bits per heavy atom. The molecule has 0 aliphatic heterocycles. The lowest BCUT2D eigenvalue weighted by molar-refractivity contribution is -0.913. The smallest absolute Gasteiger partial charge is 0.343 e. The van der Waals surface area contributed by atoms with Crippen LogP contribution in [0.2, 0.25) is 0 Å². The molecule has 0 unspecified atom stereocenters. The van der Waals surface area contributed by atoms with E-state index in [1.165, 1.54) is 12.4 Å². The second-order valence-corrected chi connectivity index (χ2v) is 9.95. The normalized spacial score (nSPS) is 12.5. The van der Waals surface area contributed by atoms with E-state index in [0.29, 0.717) is 19.5 Å². The maximum atomic E-state index is 12.1. The van der Waals surface area contributed by atoms with Gasteiger partial charge in [-0.3, -0.25) is 14.4 Å². The molecule has 0 amide bonds. The summed E-state index contributed by atoms with van der Waals surface area (Å²) in [6.45, 7) is 6.17. The number of hydrogen-bond donors (Lipinski definition) is 2. The Hall–Kier alpha value is -3.45. The predicted octanol–water partition coefficient (Wildman–Crippen LogP) is -2.25. The predicted molar refractivity (Wildman–Crippen MR) is 154 cm³/mol. The van der Waals surface area contributed by atoms with E-state index in [9.17, 15) is 14.4 Å². The van der Waals surface area contributed by atoms with Gasteiger partial charge in [-0.15, -0.1) is 9.13 Å². The van der Waals surface area contributed by atoms with E-state index in [-0.39, 0.29) is 53.0 Å². The number of oxime groups is 2. The van der Waals surface area contributed by atoms with Crippen LogP contribution in [-0.4, -0.2) is 53.8 Å². The van der Waals surface area contributed by atoms with Crippen molar-refractivity contribution in [3.8, 4) is 0 Å². The molecule has 0 bridgehead atoms. The van der Waals surface area contributed by atoms with Crippen LogP contribution in [0, 0.1) is 5.41 Å². The van der Waals surface area contributed by atoms with Crippen LogP contribution in [-0.2, 0) is 30.5 Å². The molecule has 0 spiro atoms. The Labute approximate surface area is 279 Å². The highest BCUT2D eigenvalue weighted by molar-refractivity contribution is 5.99. The van der Waals surface area contributed by atoms with Crippen LogP contribution < -0.4 is 43.1 Å². The maximum Gasteiger partial charge on any atom is 0.343 e. The molecule has 2 heterocycles. The van der Waals surface area contributed by atoms with Crippen LogP contribution in [0.1, 0.15) is 76.8 Å². The van der Waals surface area contributed by atoms with E-state index in [1.807, 2.05) is 64.3 Å². The average Bonchev–Trinajstić information content (AvgIpc) is 3.40. The van der Waals surface area contributed by atoms with Gasteiger partial charge in [-0.1, -0.05) is 29.2 Å². The van der Waals surface area contributed by atoms with Crippen LogP contribution in [0.25, 0.3) is 0 Å². The highest BCUT2D eigenvalue weighted by Crippen LogP contribution is 2.29. The van der Waals surface area contributed by atoms with Crippen molar-refractivity contribution in [3.05, 3.63) is 71.8 Å². The lowest BCUT2D eigenvalue weighted by Gasteiger charge is -2.24. The minimum absolute atomic E-state index is 0. The van der Waals surface area contributed by atoms with Gasteiger partial charge in [-0.25, -0.2) is 0 Å². The number of ether oxygens (including phenoxy) is 2. The third kappa shape index (κ3) is 13.5. The third-order valence-electron chi connectivity index (χ3n) is 6.77. The van der Waals surface area contributed by atoms with Gasteiger partial charge < -0.3 is 53.9 Å². The SMILES string of the molecule is CCOC(=O)C(C)(CCCCCC1=CCCC1=O)C(=O)OCC.O/N=C\c1cc[n+](C[n+]2ccc(/C=N\O)cc2)cc1.[Br-].[Br-]. The molecule has 44 heavy (non-hydrogen) atoms. The summed E-state index contributed by atoms with van der Waals surface area (Å²) in [5.41, 5.74) is 1.36. The number of nitrogens with zero attached hydrogens (tertiary/aromatic N) is 4. The Balaban J connectivity index is 0.000000815. The van der Waals surface area contributed by atoms with E-state index in [2.05, 4.69) is 10.3 Å². The standard InChI is InChI=1S/C18H28O5.C13H12N4O2.2BrH/c1-4-22-16(20)18(3,17(21)23-5-2)13-8-6-7-10-14-11-9-12-15(14)19;18-14-9-12-1-5-16(6-2-12)11-17-7-3-13(4-8-17)10-15-19;;/h11H,4-10,12-13H2,1-3H3;1-10H,11H2;2*1H. The summed E-state index contributed by atoms with van der Waals surface area (Å²) < 4.78 is 14.0. The van der Waals surface area contributed by atoms with Crippen LogP contribution in [0.15, 0.2) is 71.0 Å². The van der Waals surface area contributed by atoms with Gasteiger partial charge in [-0.2, -0.15) is 0 Å². The van der Waals surface area contributed by atoms with Gasteiger partial charge in [-0.05, 0) is 52.0 Å². The van der Waals surface area contributed by atoms with Gasteiger partial charge in [0.15, 0.2) is 36.0 Å². The first kappa shape index (κ1) is 40.5. The number of carbonyl (C=O) groups is 3. The number of unbranched alkanes of at least 4 members (excludes halogenated alkanes) is 2. The molecule has 0 fully saturated rings. The first-order valence-electron chi connectivity index (χ1n) is 14.2. The largest absolute Gasteiger partial charge is 1.00 e. The molecule has 2 aromatic heterocycles. The highest BCUT2D eigenvalue weighted by atomic mass is 79.9. The summed E-state index contributed by atoms with van der Waals surface area (Å²) in [4.78, 5) is 35.8. The molecule has 13 heteroatoms. The molecule has 0 saturated carbocycles. The third-order valence-corrected chi connectivity index (χ3v) is 6.77. The van der Waals surface area contributed by atoms with Gasteiger partial charge in [0.1, 0.15) is 0 Å². The number of aromatic nitrogens is 2. The fraction of sp³-hybridized carbons (Fsp3) is 0.452. The second kappa shape index (κ2) is 22.1. The molecule has 3 rings (SSSR count). The van der Waals surface area contributed by atoms with Crippen molar-refractivity contribution in [1.29, 1.82) is 0 Å². The Morgan fingerprint density at radius 3 is 1.73 bits per heavy atom. The van der Waals surface area contributed by atoms with E-state index in [0.717, 1.165) is 48.8 Å². The van der Waals surface area contributed by atoms with Gasteiger partial charge in [0.2, 0.25) is 0 Å². The number of carbonyl (C=O) groups excluding carboxylic acids is 3. The molecule has 0 saturated heterocycles. The number of allylic oxidation sites excluding steroid dienone is 2. The first-order valence-corrected chi connectivity index (χ1v) is 14.2. The molecule has 2 N–H and O–H groups in total. The Morgan fingerprint density at radius 1 is 0.864 bits per heavy atom. The van der Waals surface area contributed by atoms with Crippen molar-refractivity contribution < 1.29 is 77.4 Å². The monoisotopic (exact) mass is 740 g/mol. The maximum absolute atomic E-state index is 12.1. The zero-order valence-corrected chi connectivity index (χ0v) is 28.6. The van der Waals surface area contributed by atoms with Crippen LogP contribution in [0.4, 0.5) is 0 Å². The summed E-state index contributed by atoms with van der Waals surface area (Å²) in [6.07, 6.45) is 17.5. The molecule has 2 aromatic rings. The molecule has 1 aliphatic carbocycles. The average molecular weight is 743 g/mol. The van der Waals surface area contributed by atoms with Gasteiger partial charge in [0.25, 0.3) is 0 Å². The topological polar surface area (TPSA) is 143 Å². The van der Waals surface area contributed by atoms with Crippen molar-refractivity contribution in [1.82, 2.24) is 0 Å². The molecule has 11 nitrogen and oxygen atoms in total. The van der Waals surface area contributed by atoms with Gasteiger partial charge >= 0.3 is 18.6 Å². The van der Waals surface area contributed by atoms with Gasteiger partial charge in [0.05, 0.1) is 25.6 Å². The summed E-state index contributed by atoms with van der Waals surface area (Å²) in [5.74, 6) is -0.785. The molecule has 0 atom stereocenters. The number of halogens is 2. The van der Waals surface area contributed by atoms with Crippen molar-refractivity contribution in [2.75, 3.05) is 13.2 Å². The van der Waals surface area contributed by atoms with Crippen LogP contribution >= 0.6 is 0 Å². The van der Waals surface area contributed by atoms with Crippen molar-refractivity contribution in [2.45, 2.75) is 72.4 Å². The fourth-order valence-corrected chi connectivity index (χ4v) is 4.35. The zero-order valence-electron chi connectivity index (χ0n) is 25.4. The zero-order chi connectivity index (χ0) is 30.8. The number of Topliss-reactive ketones (excluding diaryl/α,β-unsaturated/α-hetero) is 1. The Bertz CT molecular complexity index is 1180. The summed E-state index contributed by atoms with van der Waals surface area (Å²) in [5, 5.41) is 22.8. The highest BCUT2D eigenvalue weighted by Gasteiger charge is 2.43. The fourth-order valence-electron chi connectivity index (χ4n) is 4.35. The summed E-state index contributed by atoms with van der Waals surface area (Å²) in [7, 11) is 0. The van der Waals surface area contributed by atoms with E-state index in [4.69, 9.17) is 19.9 Å². The molecule has 0 radical (unpaired) electrons. The molecule has 1 aliphatic rings. The van der Waals surface area contributed by atoms with Gasteiger partial charge in [0, 0.05) is 41.8 Å². The number of rotatable bonds is 14. The van der Waals surface area contributed by atoms with E-state index in [1.54, 1.807) is 20.8 Å². The van der Waals surface area contributed by atoms with E-state index >= 15 is 0 Å². The number of hydrogen-bond acceptors (Lipinski definition) is 9. The number of ketones is 1. The summed E-state index contributed by atoms with van der Waals surface area (Å²) in [6, 6.07) is 7.42. The molecular weight excluding hydrogens is 700 g/mol. The lowest BCUT2D eigenvalue weighted by Crippen LogP contribution is -3.00. The van der Waals surface area contributed by atoms with Crippen LogP contribution in [0.3, 0.4) is 0 Å². The molecular formula is C31H42Br2N4O7. The molecule has 0 aromatic carbocycles.